The summed E-state index contributed by atoms with van der Waals surface area (Å²) in [7, 11) is -8.00. The molecule has 24 heavy (non-hydrogen) atoms. The molecule has 1 N–H and O–H groups in total. The minimum atomic E-state index is -4.08. The van der Waals surface area contributed by atoms with Crippen molar-refractivity contribution in [1.82, 2.24) is 5.09 Å². The van der Waals surface area contributed by atoms with Crippen molar-refractivity contribution in [2.45, 2.75) is 33.5 Å². The first-order valence-corrected chi connectivity index (χ1v) is 11.0. The van der Waals surface area contributed by atoms with E-state index in [1.165, 1.54) is 0 Å². The molecule has 0 radical (unpaired) electrons. The molecule has 0 heterocycles. The third-order valence-corrected chi connectivity index (χ3v) is 6.74. The zero-order chi connectivity index (χ0) is 19.0. The van der Waals surface area contributed by atoms with Gasteiger partial charge in [-0.25, -0.2) is 9.65 Å². The Morgan fingerprint density at radius 3 is 1.79 bits per heavy atom. The second kappa shape index (κ2) is 10.5. The Morgan fingerprint density at radius 2 is 1.38 bits per heavy atom. The fraction of sp³-hybridized carbons (Fsp3) is 0.600. The van der Waals surface area contributed by atoms with Crippen molar-refractivity contribution < 1.29 is 28.6 Å². The van der Waals surface area contributed by atoms with E-state index in [0.717, 1.165) is 0 Å². The minimum Gasteiger partial charge on any atom is -0.308 e. The molecule has 1 atom stereocenters. The lowest BCUT2D eigenvalue weighted by atomic mass is 10.2. The van der Waals surface area contributed by atoms with Crippen molar-refractivity contribution in [3.05, 3.63) is 35.9 Å². The fourth-order valence-corrected chi connectivity index (χ4v) is 5.56. The second-order valence-corrected chi connectivity index (χ2v) is 8.19. The smallest absolute Gasteiger partial charge is 0.308 e. The molecule has 1 rings (SSSR count). The number of hydrogen-bond donors (Lipinski definition) is 1. The molecule has 0 saturated heterocycles. The quantitative estimate of drug-likeness (QED) is 0.525. The molecular weight excluding hydrogens is 352 g/mol. The van der Waals surface area contributed by atoms with E-state index in [-0.39, 0.29) is 32.0 Å². The summed E-state index contributed by atoms with van der Waals surface area (Å²) < 4.78 is 56.3. The van der Waals surface area contributed by atoms with Crippen molar-refractivity contribution >= 4 is 15.3 Å². The fourth-order valence-electron chi connectivity index (χ4n) is 1.96. The Balaban J connectivity index is 3.47. The van der Waals surface area contributed by atoms with Crippen LogP contribution in [0.1, 0.15) is 40.4 Å². The summed E-state index contributed by atoms with van der Waals surface area (Å²) in [6.07, 6.45) is 0. The maximum atomic E-state index is 13.4. The molecule has 0 spiro atoms. The molecule has 0 unspecified atom stereocenters. The zero-order valence-electron chi connectivity index (χ0n) is 15.6. The van der Waals surface area contributed by atoms with Crippen molar-refractivity contribution in [3.8, 4) is 0 Å². The summed E-state index contributed by atoms with van der Waals surface area (Å²) in [6.45, 7) is 6.85. The van der Waals surface area contributed by atoms with Crippen LogP contribution in [-0.4, -0.2) is 26.4 Å². The van der Waals surface area contributed by atoms with Crippen molar-refractivity contribution in [2.24, 2.45) is 0 Å². The maximum Gasteiger partial charge on any atom is 0.406 e. The van der Waals surface area contributed by atoms with Gasteiger partial charge in [-0.1, -0.05) is 30.3 Å². The van der Waals surface area contributed by atoms with Gasteiger partial charge in [0.05, 0.1) is 27.8 Å². The molecular formula is C15H27NO6P2. The molecule has 0 aromatic heterocycles. The normalized spacial score (nSPS) is 15.8. The largest absolute Gasteiger partial charge is 0.406 e. The minimum absolute atomic E-state index is 0.0555. The maximum absolute atomic E-state index is 13.4. The number of rotatable bonds is 12. The molecule has 0 bridgehead atoms. The van der Waals surface area contributed by atoms with Crippen molar-refractivity contribution in [2.75, 3.05) is 26.4 Å². The van der Waals surface area contributed by atoms with Gasteiger partial charge in [-0.05, 0) is 33.3 Å². The van der Waals surface area contributed by atoms with Gasteiger partial charge >= 0.3 is 15.3 Å². The third-order valence-electron chi connectivity index (χ3n) is 2.76. The van der Waals surface area contributed by atoms with Crippen LogP contribution in [0.25, 0.3) is 0 Å². The highest BCUT2D eigenvalue weighted by atomic mass is 31.2. The molecule has 9 heteroatoms. The van der Waals surface area contributed by atoms with Gasteiger partial charge in [0.25, 0.3) is 0 Å². The Morgan fingerprint density at radius 1 is 0.917 bits per heavy atom. The van der Waals surface area contributed by atoms with Crippen LogP contribution in [0.2, 0.25) is 0 Å². The van der Waals surface area contributed by atoms with Crippen LogP contribution >= 0.6 is 15.3 Å². The van der Waals surface area contributed by atoms with E-state index in [2.05, 4.69) is 5.09 Å². The number of hydrogen-bond acceptors (Lipinski definition) is 6. The highest BCUT2D eigenvalue weighted by molar-refractivity contribution is 7.57. The van der Waals surface area contributed by atoms with Crippen LogP contribution in [0.15, 0.2) is 30.3 Å². The first-order chi connectivity index (χ1) is 11.8. The molecule has 0 aliphatic rings. The average Bonchev–Trinajstić information content (AvgIpc) is 2.56. The van der Waals surface area contributed by atoms with Crippen LogP contribution in [0.5, 0.6) is 0 Å². The van der Waals surface area contributed by atoms with E-state index < -0.39 is 21.1 Å². The summed E-state index contributed by atoms with van der Waals surface area (Å²) in [5, 5.41) is 2.50. The third kappa shape index (κ3) is 6.08. The topological polar surface area (TPSA) is 83.1 Å². The summed E-state index contributed by atoms with van der Waals surface area (Å²) in [4.78, 5) is 0. The van der Waals surface area contributed by atoms with Crippen molar-refractivity contribution in [3.63, 3.8) is 0 Å². The molecule has 0 amide bonds. The van der Waals surface area contributed by atoms with E-state index in [1.807, 2.05) is 0 Å². The lowest BCUT2D eigenvalue weighted by molar-refractivity contribution is 0.193. The molecule has 138 valence electrons. The Labute approximate surface area is 145 Å². The van der Waals surface area contributed by atoms with Gasteiger partial charge in [0.15, 0.2) is 0 Å². The molecule has 0 fully saturated rings. The standard InChI is InChI=1S/C15H27NO6P2/c1-5-19-23(17,20-6-2)15(14-12-10-9-11-13-14)16-24(18,21-7-3)22-8-4/h9-13,15H,5-8H2,1-4H3,(H,16,18)/t15-/m0/s1/i15D. The summed E-state index contributed by atoms with van der Waals surface area (Å²) in [5.74, 6) is -2.17. The second-order valence-electron chi connectivity index (χ2n) is 4.49. The molecule has 0 aliphatic heterocycles. The van der Waals surface area contributed by atoms with E-state index in [0.29, 0.717) is 0 Å². The summed E-state index contributed by atoms with van der Waals surface area (Å²) in [5.41, 5.74) is 0.264. The van der Waals surface area contributed by atoms with Gasteiger partial charge in [0.2, 0.25) is 0 Å². The van der Waals surface area contributed by atoms with Crippen LogP contribution in [0.3, 0.4) is 0 Å². The molecule has 7 nitrogen and oxygen atoms in total. The predicted octanol–water partition coefficient (Wildman–Crippen LogP) is 4.72. The molecule has 0 aliphatic carbocycles. The molecule has 1 aromatic rings. The van der Waals surface area contributed by atoms with Crippen LogP contribution in [0.4, 0.5) is 0 Å². The van der Waals surface area contributed by atoms with Gasteiger partial charge in [-0.15, -0.1) is 0 Å². The zero-order valence-corrected chi connectivity index (χ0v) is 16.3. The van der Waals surface area contributed by atoms with E-state index >= 15 is 0 Å². The highest BCUT2D eigenvalue weighted by Gasteiger charge is 2.42. The van der Waals surface area contributed by atoms with Crippen molar-refractivity contribution in [1.29, 1.82) is 0 Å². The van der Waals surface area contributed by atoms with Gasteiger partial charge in [-0.2, -0.15) is 0 Å². The molecule has 1 aromatic carbocycles. The van der Waals surface area contributed by atoms with Crippen LogP contribution in [-0.2, 0) is 27.2 Å². The summed E-state index contributed by atoms with van der Waals surface area (Å²) in [6, 6.07) is 8.25. The average molecular weight is 380 g/mol. The Hall–Kier alpha value is -0.520. The monoisotopic (exact) mass is 380 g/mol. The number of benzene rings is 1. The Bertz CT molecular complexity index is 597. The molecule has 0 saturated carbocycles. The van der Waals surface area contributed by atoms with E-state index in [9.17, 15) is 9.13 Å². The highest BCUT2D eigenvalue weighted by Crippen LogP contribution is 2.63. The first-order valence-electron chi connectivity index (χ1n) is 8.44. The number of nitrogens with one attached hydrogen (secondary N) is 1. The predicted molar refractivity (Wildman–Crippen MR) is 94.0 cm³/mol. The van der Waals surface area contributed by atoms with Gasteiger partial charge in [-0.3, -0.25) is 13.6 Å². The van der Waals surface area contributed by atoms with Crippen LogP contribution in [0, 0.1) is 0 Å². The van der Waals surface area contributed by atoms with E-state index in [1.54, 1.807) is 58.0 Å². The first kappa shape index (κ1) is 19.8. The Kier molecular flexibility index (Phi) is 8.63. The lowest BCUT2D eigenvalue weighted by Crippen LogP contribution is -2.23. The van der Waals surface area contributed by atoms with Gasteiger partial charge < -0.3 is 9.05 Å². The SMILES string of the molecule is [2H][C@@](NP(=O)(OCC)OCC)(c1ccccc1)P(=O)(OCC)OCC. The van der Waals surface area contributed by atoms with Crippen LogP contribution < -0.4 is 5.09 Å². The van der Waals surface area contributed by atoms with E-state index in [4.69, 9.17) is 19.5 Å². The van der Waals surface area contributed by atoms with Gasteiger partial charge in [0, 0.05) is 0 Å². The van der Waals surface area contributed by atoms with Gasteiger partial charge in [0.1, 0.15) is 5.76 Å². The lowest BCUT2D eigenvalue weighted by Gasteiger charge is -2.30. The summed E-state index contributed by atoms with van der Waals surface area (Å²) >= 11 is 0.